The highest BCUT2D eigenvalue weighted by Crippen LogP contribution is 2.23. The Hall–Kier alpha value is -1.09. The first-order chi connectivity index (χ1) is 8.20. The van der Waals surface area contributed by atoms with Crippen molar-refractivity contribution in [1.82, 2.24) is 4.98 Å². The van der Waals surface area contributed by atoms with Crippen molar-refractivity contribution < 1.29 is 0 Å². The van der Waals surface area contributed by atoms with Crippen molar-refractivity contribution in [3.8, 4) is 0 Å². The van der Waals surface area contributed by atoms with E-state index >= 15 is 0 Å². The second-order valence-electron chi connectivity index (χ2n) is 5.13. The molecule has 0 aromatic carbocycles. The van der Waals surface area contributed by atoms with E-state index in [1.807, 2.05) is 6.20 Å². The summed E-state index contributed by atoms with van der Waals surface area (Å²) in [6.45, 7) is 6.73. The van der Waals surface area contributed by atoms with E-state index in [-0.39, 0.29) is 6.04 Å². The maximum atomic E-state index is 5.96. The molecule has 1 atom stereocenters. The third-order valence-corrected chi connectivity index (χ3v) is 3.74. The SMILES string of the molecule is CC[C@H](N)c1ccc(N2CCC(C)CC2)cn1. The molecule has 2 rings (SSSR count). The van der Waals surface area contributed by atoms with Crippen LogP contribution in [0.4, 0.5) is 5.69 Å². The first kappa shape index (κ1) is 12.4. The molecule has 1 aliphatic heterocycles. The van der Waals surface area contributed by atoms with Crippen molar-refractivity contribution >= 4 is 5.69 Å². The van der Waals surface area contributed by atoms with E-state index in [2.05, 4.69) is 35.9 Å². The number of nitrogens with two attached hydrogens (primary N) is 1. The fourth-order valence-corrected chi connectivity index (χ4v) is 2.28. The van der Waals surface area contributed by atoms with Gasteiger partial charge in [-0.2, -0.15) is 0 Å². The van der Waals surface area contributed by atoms with E-state index in [1.54, 1.807) is 0 Å². The summed E-state index contributed by atoms with van der Waals surface area (Å²) in [5.41, 5.74) is 8.21. The van der Waals surface area contributed by atoms with Crippen LogP contribution in [-0.4, -0.2) is 18.1 Å². The van der Waals surface area contributed by atoms with Gasteiger partial charge in [-0.05, 0) is 37.3 Å². The van der Waals surface area contributed by atoms with Crippen LogP contribution in [0.15, 0.2) is 18.3 Å². The Kier molecular flexibility index (Phi) is 4.00. The molecule has 0 radical (unpaired) electrons. The number of pyridine rings is 1. The van der Waals surface area contributed by atoms with Crippen molar-refractivity contribution in [3.63, 3.8) is 0 Å². The highest BCUT2D eigenvalue weighted by Gasteiger charge is 2.16. The number of hydrogen-bond acceptors (Lipinski definition) is 3. The fraction of sp³-hybridized carbons (Fsp3) is 0.643. The number of anilines is 1. The summed E-state index contributed by atoms with van der Waals surface area (Å²) in [5, 5.41) is 0. The molecule has 0 aliphatic carbocycles. The number of piperidine rings is 1. The van der Waals surface area contributed by atoms with Crippen molar-refractivity contribution in [2.24, 2.45) is 11.7 Å². The molecule has 1 fully saturated rings. The van der Waals surface area contributed by atoms with Crippen LogP contribution in [0.5, 0.6) is 0 Å². The largest absolute Gasteiger partial charge is 0.370 e. The lowest BCUT2D eigenvalue weighted by molar-refractivity contribution is 0.438. The zero-order chi connectivity index (χ0) is 12.3. The van der Waals surface area contributed by atoms with Gasteiger partial charge < -0.3 is 10.6 Å². The minimum atomic E-state index is 0.0745. The van der Waals surface area contributed by atoms with Crippen LogP contribution in [0, 0.1) is 5.92 Å². The third-order valence-electron chi connectivity index (χ3n) is 3.74. The molecule has 2 heterocycles. The fourth-order valence-electron chi connectivity index (χ4n) is 2.28. The molecule has 17 heavy (non-hydrogen) atoms. The first-order valence-corrected chi connectivity index (χ1v) is 6.67. The molecule has 1 aromatic rings. The van der Waals surface area contributed by atoms with E-state index < -0.39 is 0 Å². The number of rotatable bonds is 3. The number of aromatic nitrogens is 1. The maximum absolute atomic E-state index is 5.96. The van der Waals surface area contributed by atoms with E-state index in [4.69, 9.17) is 5.73 Å². The Labute approximate surface area is 104 Å². The minimum Gasteiger partial charge on any atom is -0.370 e. The van der Waals surface area contributed by atoms with E-state index in [0.717, 1.165) is 31.1 Å². The van der Waals surface area contributed by atoms with Crippen molar-refractivity contribution in [2.75, 3.05) is 18.0 Å². The van der Waals surface area contributed by atoms with Crippen LogP contribution in [0.1, 0.15) is 44.8 Å². The van der Waals surface area contributed by atoms with Gasteiger partial charge in [0, 0.05) is 19.1 Å². The Balaban J connectivity index is 2.02. The Bertz CT molecular complexity index is 339. The molecule has 0 amide bonds. The molecule has 2 N–H and O–H groups in total. The number of hydrogen-bond donors (Lipinski definition) is 1. The van der Waals surface area contributed by atoms with Gasteiger partial charge in [0.25, 0.3) is 0 Å². The van der Waals surface area contributed by atoms with Crippen LogP contribution in [-0.2, 0) is 0 Å². The van der Waals surface area contributed by atoms with Crippen LogP contribution >= 0.6 is 0 Å². The zero-order valence-corrected chi connectivity index (χ0v) is 10.9. The van der Waals surface area contributed by atoms with Crippen molar-refractivity contribution in [3.05, 3.63) is 24.0 Å². The summed E-state index contributed by atoms with van der Waals surface area (Å²) in [6, 6.07) is 4.31. The molecule has 0 spiro atoms. The van der Waals surface area contributed by atoms with Crippen LogP contribution in [0.3, 0.4) is 0 Å². The van der Waals surface area contributed by atoms with Crippen LogP contribution in [0.25, 0.3) is 0 Å². The average Bonchev–Trinajstić information content (AvgIpc) is 2.39. The highest BCUT2D eigenvalue weighted by molar-refractivity contribution is 5.45. The Morgan fingerprint density at radius 3 is 2.65 bits per heavy atom. The monoisotopic (exact) mass is 233 g/mol. The van der Waals surface area contributed by atoms with Gasteiger partial charge in [-0.25, -0.2) is 0 Å². The van der Waals surface area contributed by atoms with Crippen LogP contribution < -0.4 is 10.6 Å². The van der Waals surface area contributed by atoms with Crippen molar-refractivity contribution in [2.45, 2.75) is 39.2 Å². The standard InChI is InChI=1S/C14H23N3/c1-3-13(15)14-5-4-12(10-16-14)17-8-6-11(2)7-9-17/h4-5,10-11,13H,3,6-9,15H2,1-2H3/t13-/m0/s1. The lowest BCUT2D eigenvalue weighted by Crippen LogP contribution is -2.32. The van der Waals surface area contributed by atoms with Crippen LogP contribution in [0.2, 0.25) is 0 Å². The molecule has 3 nitrogen and oxygen atoms in total. The summed E-state index contributed by atoms with van der Waals surface area (Å²) in [4.78, 5) is 6.90. The zero-order valence-electron chi connectivity index (χ0n) is 10.9. The van der Waals surface area contributed by atoms with Gasteiger partial charge in [0.2, 0.25) is 0 Å². The second-order valence-corrected chi connectivity index (χ2v) is 5.13. The van der Waals surface area contributed by atoms with Gasteiger partial charge >= 0.3 is 0 Å². The molecular weight excluding hydrogens is 210 g/mol. The van der Waals surface area contributed by atoms with E-state index in [1.165, 1.54) is 18.5 Å². The lowest BCUT2D eigenvalue weighted by atomic mass is 9.99. The molecular formula is C14H23N3. The molecule has 94 valence electrons. The Morgan fingerprint density at radius 1 is 1.41 bits per heavy atom. The van der Waals surface area contributed by atoms with Crippen molar-refractivity contribution in [1.29, 1.82) is 0 Å². The molecule has 0 saturated carbocycles. The van der Waals surface area contributed by atoms with Gasteiger partial charge in [0.05, 0.1) is 17.6 Å². The predicted octanol–water partition coefficient (Wildman–Crippen LogP) is 2.73. The van der Waals surface area contributed by atoms with Gasteiger partial charge in [0.15, 0.2) is 0 Å². The van der Waals surface area contributed by atoms with Gasteiger partial charge in [-0.15, -0.1) is 0 Å². The summed E-state index contributed by atoms with van der Waals surface area (Å²) in [6.07, 6.45) is 5.49. The average molecular weight is 233 g/mol. The Morgan fingerprint density at radius 2 is 2.12 bits per heavy atom. The summed E-state index contributed by atoms with van der Waals surface area (Å²) >= 11 is 0. The predicted molar refractivity (Wildman–Crippen MR) is 72.1 cm³/mol. The number of nitrogens with zero attached hydrogens (tertiary/aromatic N) is 2. The minimum absolute atomic E-state index is 0.0745. The van der Waals surface area contributed by atoms with Gasteiger partial charge in [0.1, 0.15) is 0 Å². The molecule has 1 aliphatic rings. The molecule has 0 unspecified atom stereocenters. The molecule has 3 heteroatoms. The lowest BCUT2D eigenvalue weighted by Gasteiger charge is -2.32. The molecule has 0 bridgehead atoms. The summed E-state index contributed by atoms with van der Waals surface area (Å²) in [7, 11) is 0. The third kappa shape index (κ3) is 2.97. The smallest absolute Gasteiger partial charge is 0.0572 e. The highest BCUT2D eigenvalue weighted by atomic mass is 15.1. The quantitative estimate of drug-likeness (QED) is 0.873. The van der Waals surface area contributed by atoms with E-state index in [9.17, 15) is 0 Å². The molecule has 1 saturated heterocycles. The van der Waals surface area contributed by atoms with E-state index in [0.29, 0.717) is 0 Å². The summed E-state index contributed by atoms with van der Waals surface area (Å²) < 4.78 is 0. The maximum Gasteiger partial charge on any atom is 0.0572 e. The summed E-state index contributed by atoms with van der Waals surface area (Å²) in [5.74, 6) is 0.868. The topological polar surface area (TPSA) is 42.1 Å². The normalized spacial score (nSPS) is 19.4. The second kappa shape index (κ2) is 5.50. The first-order valence-electron chi connectivity index (χ1n) is 6.67. The van der Waals surface area contributed by atoms with Gasteiger partial charge in [-0.1, -0.05) is 13.8 Å². The van der Waals surface area contributed by atoms with Gasteiger partial charge in [-0.3, -0.25) is 4.98 Å². The molecule has 1 aromatic heterocycles.